The predicted molar refractivity (Wildman–Crippen MR) is 88.9 cm³/mol. The molecule has 1 rings (SSSR count). The lowest BCUT2D eigenvalue weighted by Crippen LogP contribution is -2.25. The Morgan fingerprint density at radius 3 is 2.26 bits per heavy atom. The van der Waals surface area contributed by atoms with Gasteiger partial charge in [-0.1, -0.05) is 26.8 Å². The molecular formula is C16H27BrN2. The van der Waals surface area contributed by atoms with E-state index in [2.05, 4.69) is 65.1 Å². The molecule has 0 heterocycles. The fourth-order valence-electron chi connectivity index (χ4n) is 2.22. The first-order valence-electron chi connectivity index (χ1n) is 7.47. The lowest BCUT2D eigenvalue weighted by molar-refractivity contribution is 0.675. The molecule has 108 valence electrons. The van der Waals surface area contributed by atoms with Crippen LogP contribution in [0.5, 0.6) is 0 Å². The van der Waals surface area contributed by atoms with Gasteiger partial charge in [-0.05, 0) is 59.4 Å². The normalized spacial score (nSPS) is 10.7. The fraction of sp³-hybridized carbons (Fsp3) is 0.625. The summed E-state index contributed by atoms with van der Waals surface area (Å²) in [7, 11) is 0. The van der Waals surface area contributed by atoms with Gasteiger partial charge in [0.05, 0.1) is 5.69 Å². The Morgan fingerprint density at radius 1 is 1.05 bits per heavy atom. The Balaban J connectivity index is 2.73. The van der Waals surface area contributed by atoms with Gasteiger partial charge in [-0.2, -0.15) is 0 Å². The quantitative estimate of drug-likeness (QED) is 0.668. The third kappa shape index (κ3) is 5.53. The van der Waals surface area contributed by atoms with E-state index in [1.807, 2.05) is 0 Å². The van der Waals surface area contributed by atoms with Crippen LogP contribution in [0.25, 0.3) is 0 Å². The van der Waals surface area contributed by atoms with Crippen molar-refractivity contribution in [2.75, 3.05) is 24.5 Å². The first-order valence-corrected chi connectivity index (χ1v) is 8.26. The minimum atomic E-state index is 0.953. The molecule has 0 spiro atoms. The second-order valence-electron chi connectivity index (χ2n) is 4.95. The summed E-state index contributed by atoms with van der Waals surface area (Å²) in [5.74, 6) is 0. The van der Waals surface area contributed by atoms with E-state index in [1.54, 1.807) is 0 Å². The highest BCUT2D eigenvalue weighted by Gasteiger charge is 2.09. The van der Waals surface area contributed by atoms with E-state index < -0.39 is 0 Å². The molecule has 19 heavy (non-hydrogen) atoms. The Bertz CT molecular complexity index is 360. The third-order valence-corrected chi connectivity index (χ3v) is 3.73. The van der Waals surface area contributed by atoms with Crippen molar-refractivity contribution in [1.82, 2.24) is 5.32 Å². The number of nitrogens with zero attached hydrogens (tertiary/aromatic N) is 1. The van der Waals surface area contributed by atoms with Crippen LogP contribution in [0, 0.1) is 0 Å². The molecule has 2 nitrogen and oxygen atoms in total. The number of rotatable bonds is 9. The Hall–Kier alpha value is -0.540. The van der Waals surface area contributed by atoms with Crippen LogP contribution in [-0.4, -0.2) is 19.6 Å². The Morgan fingerprint density at radius 2 is 1.74 bits per heavy atom. The summed E-state index contributed by atoms with van der Waals surface area (Å²) in [6.45, 7) is 10.9. The second-order valence-corrected chi connectivity index (χ2v) is 5.80. The molecule has 0 aliphatic carbocycles. The molecule has 0 atom stereocenters. The largest absolute Gasteiger partial charge is 0.371 e. The molecule has 0 saturated heterocycles. The van der Waals surface area contributed by atoms with Crippen LogP contribution >= 0.6 is 15.9 Å². The van der Waals surface area contributed by atoms with E-state index in [0.29, 0.717) is 0 Å². The van der Waals surface area contributed by atoms with Gasteiger partial charge in [0.15, 0.2) is 0 Å². The highest BCUT2D eigenvalue weighted by atomic mass is 79.9. The summed E-state index contributed by atoms with van der Waals surface area (Å²) in [4.78, 5) is 2.47. The number of hydrogen-bond donors (Lipinski definition) is 1. The van der Waals surface area contributed by atoms with E-state index >= 15 is 0 Å². The maximum atomic E-state index is 3.73. The van der Waals surface area contributed by atoms with Crippen LogP contribution in [0.2, 0.25) is 0 Å². The smallest absolute Gasteiger partial charge is 0.0510 e. The second kappa shape index (κ2) is 9.38. The first-order chi connectivity index (χ1) is 9.22. The molecule has 0 radical (unpaired) electrons. The molecule has 0 saturated carbocycles. The fourth-order valence-corrected chi connectivity index (χ4v) is 2.90. The molecular weight excluding hydrogens is 300 g/mol. The Labute approximate surface area is 126 Å². The molecule has 1 aromatic carbocycles. The van der Waals surface area contributed by atoms with Gasteiger partial charge >= 0.3 is 0 Å². The summed E-state index contributed by atoms with van der Waals surface area (Å²) >= 11 is 3.73. The average molecular weight is 327 g/mol. The van der Waals surface area contributed by atoms with Gasteiger partial charge in [-0.25, -0.2) is 0 Å². The molecule has 0 aromatic heterocycles. The minimum absolute atomic E-state index is 0.953. The zero-order valence-electron chi connectivity index (χ0n) is 12.5. The van der Waals surface area contributed by atoms with E-state index in [0.717, 1.165) is 26.2 Å². The van der Waals surface area contributed by atoms with Crippen molar-refractivity contribution in [3.63, 3.8) is 0 Å². The summed E-state index contributed by atoms with van der Waals surface area (Å²) in [5, 5.41) is 3.44. The van der Waals surface area contributed by atoms with Gasteiger partial charge in [-0.3, -0.25) is 0 Å². The maximum Gasteiger partial charge on any atom is 0.0510 e. The average Bonchev–Trinajstić information content (AvgIpc) is 2.39. The molecule has 0 amide bonds. The summed E-state index contributed by atoms with van der Waals surface area (Å²) in [5.41, 5.74) is 2.67. The molecule has 0 unspecified atom stereocenters. The van der Waals surface area contributed by atoms with E-state index in [4.69, 9.17) is 0 Å². The van der Waals surface area contributed by atoms with Crippen molar-refractivity contribution >= 4 is 21.6 Å². The van der Waals surface area contributed by atoms with Gasteiger partial charge < -0.3 is 10.2 Å². The van der Waals surface area contributed by atoms with Crippen molar-refractivity contribution in [3.05, 3.63) is 28.2 Å². The highest BCUT2D eigenvalue weighted by Crippen LogP contribution is 2.27. The van der Waals surface area contributed by atoms with Crippen molar-refractivity contribution in [2.45, 2.75) is 46.6 Å². The molecule has 0 aliphatic rings. The number of benzene rings is 1. The summed E-state index contributed by atoms with van der Waals surface area (Å²) in [6, 6.07) is 6.73. The lowest BCUT2D eigenvalue weighted by Gasteiger charge is -2.25. The molecule has 0 aliphatic heterocycles. The number of halogens is 1. The zero-order valence-corrected chi connectivity index (χ0v) is 14.1. The van der Waals surface area contributed by atoms with Crippen molar-refractivity contribution in [2.24, 2.45) is 0 Å². The maximum absolute atomic E-state index is 3.73. The summed E-state index contributed by atoms with van der Waals surface area (Å²) in [6.07, 6.45) is 3.55. The van der Waals surface area contributed by atoms with Crippen LogP contribution in [0.4, 0.5) is 5.69 Å². The van der Waals surface area contributed by atoms with Gasteiger partial charge in [0.25, 0.3) is 0 Å². The van der Waals surface area contributed by atoms with Crippen LogP contribution in [0.3, 0.4) is 0 Å². The minimum Gasteiger partial charge on any atom is -0.371 e. The standard InChI is InChI=1S/C16H27BrN2/c1-4-9-18-13-14-7-8-16(15(17)12-14)19(10-5-2)11-6-3/h7-8,12,18H,4-6,9-11,13H2,1-3H3. The lowest BCUT2D eigenvalue weighted by atomic mass is 10.2. The van der Waals surface area contributed by atoms with Gasteiger partial charge in [0.2, 0.25) is 0 Å². The number of nitrogens with one attached hydrogen (secondary N) is 1. The molecule has 0 bridgehead atoms. The molecule has 1 aromatic rings. The van der Waals surface area contributed by atoms with Crippen molar-refractivity contribution < 1.29 is 0 Å². The molecule has 0 fully saturated rings. The first kappa shape index (κ1) is 16.5. The van der Waals surface area contributed by atoms with Crippen LogP contribution < -0.4 is 10.2 Å². The highest BCUT2D eigenvalue weighted by molar-refractivity contribution is 9.10. The summed E-state index contributed by atoms with van der Waals surface area (Å²) < 4.78 is 1.21. The predicted octanol–water partition coefficient (Wildman–Crippen LogP) is 4.58. The van der Waals surface area contributed by atoms with Crippen LogP contribution in [-0.2, 0) is 6.54 Å². The van der Waals surface area contributed by atoms with Gasteiger partial charge in [0.1, 0.15) is 0 Å². The van der Waals surface area contributed by atoms with E-state index in [-0.39, 0.29) is 0 Å². The molecule has 1 N–H and O–H groups in total. The van der Waals surface area contributed by atoms with E-state index in [9.17, 15) is 0 Å². The van der Waals surface area contributed by atoms with Gasteiger partial charge in [-0.15, -0.1) is 0 Å². The zero-order chi connectivity index (χ0) is 14.1. The number of hydrogen-bond acceptors (Lipinski definition) is 2. The van der Waals surface area contributed by atoms with Crippen LogP contribution in [0.1, 0.15) is 45.6 Å². The monoisotopic (exact) mass is 326 g/mol. The van der Waals surface area contributed by atoms with Crippen molar-refractivity contribution in [1.29, 1.82) is 0 Å². The van der Waals surface area contributed by atoms with Crippen LogP contribution in [0.15, 0.2) is 22.7 Å². The van der Waals surface area contributed by atoms with E-state index in [1.165, 1.54) is 35.0 Å². The third-order valence-electron chi connectivity index (χ3n) is 3.10. The Kier molecular flexibility index (Phi) is 8.15. The number of anilines is 1. The topological polar surface area (TPSA) is 15.3 Å². The van der Waals surface area contributed by atoms with Gasteiger partial charge in [0, 0.05) is 24.1 Å². The SMILES string of the molecule is CCCNCc1ccc(N(CCC)CCC)c(Br)c1. The van der Waals surface area contributed by atoms with Crippen molar-refractivity contribution in [3.8, 4) is 0 Å². The molecule has 3 heteroatoms.